The van der Waals surface area contributed by atoms with Crippen molar-refractivity contribution in [2.45, 2.75) is 6.92 Å². The number of thioether (sulfide) groups is 1. The maximum absolute atomic E-state index is 12.8. The van der Waals surface area contributed by atoms with Crippen LogP contribution in [0.4, 0.5) is 5.69 Å². The van der Waals surface area contributed by atoms with E-state index in [1.165, 1.54) is 9.58 Å². The van der Waals surface area contributed by atoms with Crippen LogP contribution in [0.3, 0.4) is 0 Å². The van der Waals surface area contributed by atoms with Gasteiger partial charge in [0.15, 0.2) is 4.32 Å². The van der Waals surface area contributed by atoms with Crippen molar-refractivity contribution in [2.75, 3.05) is 4.90 Å². The number of rotatable bonds is 2. The molecule has 1 aromatic carbocycles. The highest BCUT2D eigenvalue weighted by molar-refractivity contribution is 8.27. The number of anilines is 1. The summed E-state index contributed by atoms with van der Waals surface area (Å²) < 4.78 is 3.57. The van der Waals surface area contributed by atoms with Gasteiger partial charge in [0.2, 0.25) is 0 Å². The Morgan fingerprint density at radius 1 is 1.18 bits per heavy atom. The third-order valence-corrected chi connectivity index (χ3v) is 4.79. The van der Waals surface area contributed by atoms with E-state index in [1.54, 1.807) is 18.7 Å². The van der Waals surface area contributed by atoms with Crippen LogP contribution in [0.25, 0.3) is 5.69 Å². The molecule has 1 saturated heterocycles. The molecular weight excluding hydrogens is 318 g/mol. The molecule has 1 fully saturated rings. The van der Waals surface area contributed by atoms with Gasteiger partial charge in [-0.05, 0) is 19.1 Å². The number of benzene rings is 1. The van der Waals surface area contributed by atoms with Crippen LogP contribution in [0.15, 0.2) is 46.6 Å². The molecule has 0 radical (unpaired) electrons. The molecule has 112 valence electrons. The molecule has 2 aromatic rings. The molecule has 1 aromatic heterocycles. The lowest BCUT2D eigenvalue weighted by atomic mass is 10.3. The van der Waals surface area contributed by atoms with Gasteiger partial charge in [0, 0.05) is 7.05 Å². The summed E-state index contributed by atoms with van der Waals surface area (Å²) in [4.78, 5) is 26.7. The van der Waals surface area contributed by atoms with E-state index in [0.717, 1.165) is 17.4 Å². The summed E-state index contributed by atoms with van der Waals surface area (Å²) in [5, 5.41) is 0. The fourth-order valence-corrected chi connectivity index (χ4v) is 3.54. The Labute approximate surface area is 136 Å². The van der Waals surface area contributed by atoms with Crippen LogP contribution in [0.5, 0.6) is 0 Å². The van der Waals surface area contributed by atoms with Gasteiger partial charge in [-0.3, -0.25) is 19.2 Å². The molecule has 1 amide bonds. The first-order valence-corrected chi connectivity index (χ1v) is 7.75. The highest BCUT2D eigenvalue weighted by Gasteiger charge is 2.36. The number of carbonyl (C=O) groups excluding carboxylic acids is 1. The van der Waals surface area contributed by atoms with Crippen LogP contribution in [-0.2, 0) is 11.8 Å². The summed E-state index contributed by atoms with van der Waals surface area (Å²) in [5.74, 6) is -0.332. The van der Waals surface area contributed by atoms with Gasteiger partial charge in [-0.1, -0.05) is 48.8 Å². The largest absolute Gasteiger partial charge is 0.296 e. The van der Waals surface area contributed by atoms with E-state index in [-0.39, 0.29) is 17.2 Å². The Balaban J connectivity index is 2.24. The first-order chi connectivity index (χ1) is 10.4. The third kappa shape index (κ3) is 2.05. The van der Waals surface area contributed by atoms with Crippen molar-refractivity contribution >= 4 is 39.9 Å². The van der Waals surface area contributed by atoms with Gasteiger partial charge in [-0.15, -0.1) is 0 Å². The van der Waals surface area contributed by atoms with Crippen LogP contribution in [0.1, 0.15) is 5.69 Å². The van der Waals surface area contributed by atoms with Crippen LogP contribution in [0, 0.1) is 6.92 Å². The second kappa shape index (κ2) is 5.26. The Hall–Kier alpha value is -2.12. The van der Waals surface area contributed by atoms with Gasteiger partial charge in [0.1, 0.15) is 5.69 Å². The van der Waals surface area contributed by atoms with Crippen molar-refractivity contribution in [1.29, 1.82) is 0 Å². The average Bonchev–Trinajstić information content (AvgIpc) is 2.86. The Kier molecular flexibility index (Phi) is 3.54. The molecular formula is C15H13N3O2S2. The van der Waals surface area contributed by atoms with E-state index in [4.69, 9.17) is 12.2 Å². The van der Waals surface area contributed by atoms with Crippen molar-refractivity contribution in [3.63, 3.8) is 0 Å². The number of hydrogen-bond acceptors (Lipinski definition) is 4. The standard InChI is InChI=1S/C15H13N3O2S2/c1-9-12(17-13(19)10(2)22-15(17)21)14(20)18(16(9)3)11-7-5-4-6-8-11/h4-8H,2H2,1,3H3. The molecule has 1 aliphatic heterocycles. The Morgan fingerprint density at radius 2 is 1.82 bits per heavy atom. The minimum Gasteiger partial charge on any atom is -0.283 e. The zero-order chi connectivity index (χ0) is 16.0. The monoisotopic (exact) mass is 331 g/mol. The van der Waals surface area contributed by atoms with Crippen LogP contribution >= 0.6 is 24.0 Å². The third-order valence-electron chi connectivity index (χ3n) is 3.58. The average molecular weight is 331 g/mol. The van der Waals surface area contributed by atoms with E-state index in [0.29, 0.717) is 14.9 Å². The number of thiocarbonyl (C=S) groups is 1. The van der Waals surface area contributed by atoms with Crippen LogP contribution in [-0.4, -0.2) is 19.6 Å². The molecule has 0 unspecified atom stereocenters. The van der Waals surface area contributed by atoms with Crippen molar-refractivity contribution in [1.82, 2.24) is 9.36 Å². The number of aromatic nitrogens is 2. The number of para-hydroxylation sites is 1. The molecule has 0 aliphatic carbocycles. The lowest BCUT2D eigenvalue weighted by Gasteiger charge is -2.12. The molecule has 1 aliphatic rings. The van der Waals surface area contributed by atoms with Crippen LogP contribution in [0.2, 0.25) is 0 Å². The van der Waals surface area contributed by atoms with Gasteiger partial charge in [-0.25, -0.2) is 4.68 Å². The van der Waals surface area contributed by atoms with Crippen molar-refractivity contribution in [2.24, 2.45) is 7.05 Å². The lowest BCUT2D eigenvalue weighted by molar-refractivity contribution is -0.113. The first-order valence-electron chi connectivity index (χ1n) is 6.52. The van der Waals surface area contributed by atoms with E-state index in [9.17, 15) is 9.59 Å². The number of nitrogens with zero attached hydrogens (tertiary/aromatic N) is 3. The fraction of sp³-hybridized carbons (Fsp3) is 0.133. The minimum absolute atomic E-state index is 0.280. The molecule has 0 N–H and O–H groups in total. The maximum Gasteiger partial charge on any atom is 0.296 e. The van der Waals surface area contributed by atoms with Crippen molar-refractivity contribution in [3.05, 3.63) is 57.9 Å². The van der Waals surface area contributed by atoms with E-state index >= 15 is 0 Å². The van der Waals surface area contributed by atoms with Gasteiger partial charge in [-0.2, -0.15) is 0 Å². The molecule has 7 heteroatoms. The molecule has 2 heterocycles. The smallest absolute Gasteiger partial charge is 0.283 e. The lowest BCUT2D eigenvalue weighted by Crippen LogP contribution is -2.32. The van der Waals surface area contributed by atoms with Gasteiger partial charge in [0.05, 0.1) is 16.3 Å². The molecule has 0 atom stereocenters. The predicted molar refractivity (Wildman–Crippen MR) is 92.6 cm³/mol. The molecule has 0 spiro atoms. The number of amides is 1. The Bertz CT molecular complexity index is 865. The summed E-state index contributed by atoms with van der Waals surface area (Å²) >= 11 is 6.33. The van der Waals surface area contributed by atoms with E-state index in [1.807, 2.05) is 30.3 Å². The quantitative estimate of drug-likeness (QED) is 0.626. The maximum atomic E-state index is 12.8. The highest BCUT2D eigenvalue weighted by Crippen LogP contribution is 2.33. The molecule has 5 nitrogen and oxygen atoms in total. The summed E-state index contributed by atoms with van der Waals surface area (Å²) in [6.07, 6.45) is 0. The SMILES string of the molecule is C=C1SC(=S)N(c2c(C)n(C)n(-c3ccccc3)c2=O)C1=O. The van der Waals surface area contributed by atoms with Gasteiger partial charge in [0.25, 0.3) is 11.5 Å². The van der Waals surface area contributed by atoms with Crippen LogP contribution < -0.4 is 10.5 Å². The van der Waals surface area contributed by atoms with Gasteiger partial charge < -0.3 is 0 Å². The second-order valence-electron chi connectivity index (χ2n) is 4.84. The summed E-state index contributed by atoms with van der Waals surface area (Å²) in [6.45, 7) is 5.47. The van der Waals surface area contributed by atoms with Crippen molar-refractivity contribution < 1.29 is 4.79 Å². The second-order valence-corrected chi connectivity index (χ2v) is 6.57. The number of carbonyl (C=O) groups is 1. The van der Waals surface area contributed by atoms with Crippen molar-refractivity contribution in [3.8, 4) is 5.69 Å². The highest BCUT2D eigenvalue weighted by atomic mass is 32.2. The fourth-order valence-electron chi connectivity index (χ4n) is 2.41. The zero-order valence-electron chi connectivity index (χ0n) is 12.1. The molecule has 0 bridgehead atoms. The normalized spacial score (nSPS) is 15.0. The zero-order valence-corrected chi connectivity index (χ0v) is 13.7. The summed E-state index contributed by atoms with van der Waals surface area (Å²) in [6, 6.07) is 9.26. The van der Waals surface area contributed by atoms with Gasteiger partial charge >= 0.3 is 0 Å². The summed E-state index contributed by atoms with van der Waals surface area (Å²) in [5.41, 5.74) is 1.40. The topological polar surface area (TPSA) is 47.2 Å². The molecule has 3 rings (SSSR count). The van der Waals surface area contributed by atoms with E-state index < -0.39 is 0 Å². The van der Waals surface area contributed by atoms with E-state index in [2.05, 4.69) is 6.58 Å². The Morgan fingerprint density at radius 3 is 2.36 bits per heavy atom. The molecule has 0 saturated carbocycles. The first kappa shape index (κ1) is 14.8. The summed E-state index contributed by atoms with van der Waals surface area (Å²) in [7, 11) is 1.78. The molecule has 22 heavy (non-hydrogen) atoms. The number of hydrogen-bond donors (Lipinski definition) is 0. The predicted octanol–water partition coefficient (Wildman–Crippen LogP) is 2.36. The minimum atomic E-state index is -0.332.